The number of hydrogen-bond donors (Lipinski definition) is 3. The molecule has 5 nitrogen and oxygen atoms in total. The maximum absolute atomic E-state index is 9.56. The van der Waals surface area contributed by atoms with Crippen LogP contribution in [-0.4, -0.2) is 41.6 Å². The highest BCUT2D eigenvalue weighted by Crippen LogP contribution is 1.74. The third kappa shape index (κ3) is 25.8. The molecule has 3 N–H and O–H groups in total. The van der Waals surface area contributed by atoms with Gasteiger partial charge in [-0.05, 0) is 13.8 Å². The van der Waals surface area contributed by atoms with Gasteiger partial charge in [-0.2, -0.15) is 8.42 Å². The van der Waals surface area contributed by atoms with Gasteiger partial charge in [-0.25, -0.2) is 0 Å². The van der Waals surface area contributed by atoms with Crippen molar-refractivity contribution in [2.75, 3.05) is 12.4 Å². The lowest BCUT2D eigenvalue weighted by atomic mass is 10.5. The second-order valence-electron chi connectivity index (χ2n) is 1.90. The van der Waals surface area contributed by atoms with Crippen LogP contribution in [0.1, 0.15) is 13.8 Å². The first-order valence-electron chi connectivity index (χ1n) is 3.07. The summed E-state index contributed by atoms with van der Waals surface area (Å²) >= 11 is 0. The van der Waals surface area contributed by atoms with Gasteiger partial charge in [0, 0.05) is 0 Å². The fourth-order valence-electron chi connectivity index (χ4n) is 0. The van der Waals surface area contributed by atoms with E-state index in [0.29, 0.717) is 0 Å². The molecule has 0 aliphatic heterocycles. The van der Waals surface area contributed by atoms with Gasteiger partial charge in [-0.1, -0.05) is 0 Å². The Morgan fingerprint density at radius 3 is 1.64 bits per heavy atom. The summed E-state index contributed by atoms with van der Waals surface area (Å²) in [6.07, 6.45) is -0.560. The molecule has 0 saturated carbocycles. The molecule has 0 fully saturated rings. The average Bonchev–Trinajstić information content (AvgIpc) is 1.88. The Morgan fingerprint density at radius 2 is 1.64 bits per heavy atom. The lowest BCUT2D eigenvalue weighted by Crippen LogP contribution is -2.03. The number of aliphatic hydroxyl groups excluding tert-OH is 2. The molecule has 0 aliphatic rings. The average molecular weight is 186 g/mol. The van der Waals surface area contributed by atoms with Gasteiger partial charge in [0.15, 0.2) is 0 Å². The van der Waals surface area contributed by atoms with E-state index in [9.17, 15) is 8.42 Å². The van der Waals surface area contributed by atoms with Gasteiger partial charge in [0.2, 0.25) is 0 Å². The Balaban J connectivity index is 0. The van der Waals surface area contributed by atoms with Crippen molar-refractivity contribution >= 4 is 10.1 Å². The predicted molar refractivity (Wildman–Crippen MR) is 40.9 cm³/mol. The second kappa shape index (κ2) is 6.53. The normalized spacial score (nSPS) is 13.2. The van der Waals surface area contributed by atoms with Crippen LogP contribution >= 0.6 is 0 Å². The predicted octanol–water partition coefficient (Wildman–Crippen LogP) is -0.746. The van der Waals surface area contributed by atoms with Crippen LogP contribution in [-0.2, 0) is 10.1 Å². The molecule has 0 spiro atoms. The highest BCUT2D eigenvalue weighted by molar-refractivity contribution is 7.85. The highest BCUT2D eigenvalue weighted by Gasteiger charge is 1.93. The quantitative estimate of drug-likeness (QED) is 0.493. The molecular formula is C5H14O5S. The molecular weight excluding hydrogens is 172 g/mol. The zero-order valence-electron chi connectivity index (χ0n) is 6.56. The topological polar surface area (TPSA) is 94.8 Å². The van der Waals surface area contributed by atoms with Crippen molar-refractivity contribution in [1.29, 1.82) is 0 Å². The van der Waals surface area contributed by atoms with Crippen molar-refractivity contribution in [2.45, 2.75) is 20.0 Å². The monoisotopic (exact) mass is 186 g/mol. The second-order valence-corrected chi connectivity index (χ2v) is 3.64. The summed E-state index contributed by atoms with van der Waals surface area (Å²) < 4.78 is 26.9. The molecule has 11 heavy (non-hydrogen) atoms. The third-order valence-electron chi connectivity index (χ3n) is 0.629. The molecule has 1 unspecified atom stereocenters. The summed E-state index contributed by atoms with van der Waals surface area (Å²) in [5.74, 6) is -0.201. The van der Waals surface area contributed by atoms with E-state index < -0.39 is 16.2 Å². The van der Waals surface area contributed by atoms with E-state index in [1.54, 1.807) is 0 Å². The molecule has 0 aromatic carbocycles. The van der Waals surface area contributed by atoms with Crippen molar-refractivity contribution in [2.24, 2.45) is 0 Å². The highest BCUT2D eigenvalue weighted by atomic mass is 32.2. The van der Waals surface area contributed by atoms with Crippen molar-refractivity contribution in [1.82, 2.24) is 0 Å². The maximum atomic E-state index is 9.56. The Morgan fingerprint density at radius 1 is 1.45 bits per heavy atom. The summed E-state index contributed by atoms with van der Waals surface area (Å²) in [7, 11) is -3.66. The van der Waals surface area contributed by atoms with Gasteiger partial charge in [0.1, 0.15) is 0 Å². The standard InChI is InChI=1S/C3H8O2.C2H6O3S/c1-3(5)2-4;1-2-6(3,4)5/h3-5H,2H2,1H3;2H2,1H3,(H,3,4,5). The molecule has 0 bridgehead atoms. The molecule has 0 aliphatic carbocycles. The molecule has 0 radical (unpaired) electrons. The molecule has 0 amide bonds. The van der Waals surface area contributed by atoms with Crippen LogP contribution in [0.15, 0.2) is 0 Å². The van der Waals surface area contributed by atoms with E-state index in [4.69, 9.17) is 14.8 Å². The molecule has 0 saturated heterocycles. The SMILES string of the molecule is CC(O)CO.CCS(=O)(=O)O. The lowest BCUT2D eigenvalue weighted by molar-refractivity contribution is 0.110. The first kappa shape index (κ1) is 13.4. The van der Waals surface area contributed by atoms with Crippen LogP contribution < -0.4 is 0 Å². The Labute approximate surface area is 66.4 Å². The van der Waals surface area contributed by atoms with Crippen molar-refractivity contribution in [3.05, 3.63) is 0 Å². The van der Waals surface area contributed by atoms with Crippen molar-refractivity contribution < 1.29 is 23.2 Å². The minimum atomic E-state index is -3.66. The van der Waals surface area contributed by atoms with E-state index >= 15 is 0 Å². The van der Waals surface area contributed by atoms with E-state index in [2.05, 4.69) is 0 Å². The van der Waals surface area contributed by atoms with Crippen LogP contribution in [0.25, 0.3) is 0 Å². The van der Waals surface area contributed by atoms with Crippen LogP contribution in [0.5, 0.6) is 0 Å². The molecule has 6 heteroatoms. The molecule has 1 atom stereocenters. The third-order valence-corrected chi connectivity index (χ3v) is 1.36. The minimum Gasteiger partial charge on any atom is -0.394 e. The van der Waals surface area contributed by atoms with Gasteiger partial charge in [-0.3, -0.25) is 4.55 Å². The van der Waals surface area contributed by atoms with E-state index in [-0.39, 0.29) is 12.4 Å². The van der Waals surface area contributed by atoms with Crippen molar-refractivity contribution in [3.63, 3.8) is 0 Å². The Hall–Kier alpha value is -0.170. The first-order chi connectivity index (χ1) is 4.83. The zero-order chi connectivity index (χ0) is 9.49. The zero-order valence-corrected chi connectivity index (χ0v) is 7.37. The molecule has 0 heterocycles. The maximum Gasteiger partial charge on any atom is 0.264 e. The summed E-state index contributed by atoms with van der Waals surface area (Å²) in [6, 6.07) is 0. The molecule has 70 valence electrons. The Bertz CT molecular complexity index is 160. The first-order valence-corrected chi connectivity index (χ1v) is 4.68. The largest absolute Gasteiger partial charge is 0.394 e. The van der Waals surface area contributed by atoms with E-state index in [1.807, 2.05) is 0 Å². The fourth-order valence-corrected chi connectivity index (χ4v) is 0. The Kier molecular flexibility index (Phi) is 7.97. The molecule has 0 rings (SSSR count). The summed E-state index contributed by atoms with van der Waals surface area (Å²) in [6.45, 7) is 2.76. The molecule has 0 aromatic rings. The molecule has 0 aromatic heterocycles. The number of hydrogen-bond acceptors (Lipinski definition) is 4. The number of aliphatic hydroxyl groups is 2. The van der Waals surface area contributed by atoms with Gasteiger partial charge >= 0.3 is 0 Å². The smallest absolute Gasteiger partial charge is 0.264 e. The summed E-state index contributed by atoms with van der Waals surface area (Å²) in [5, 5.41) is 16.0. The lowest BCUT2D eigenvalue weighted by Gasteiger charge is -1.90. The van der Waals surface area contributed by atoms with Crippen LogP contribution in [0.2, 0.25) is 0 Å². The van der Waals surface area contributed by atoms with Crippen LogP contribution in [0.4, 0.5) is 0 Å². The summed E-state index contributed by atoms with van der Waals surface area (Å²) in [5.41, 5.74) is 0. The number of rotatable bonds is 2. The van der Waals surface area contributed by atoms with E-state index in [0.717, 1.165) is 0 Å². The van der Waals surface area contributed by atoms with E-state index in [1.165, 1.54) is 13.8 Å². The van der Waals surface area contributed by atoms with Gasteiger partial charge in [-0.15, -0.1) is 0 Å². The fraction of sp³-hybridized carbons (Fsp3) is 1.00. The van der Waals surface area contributed by atoms with Gasteiger partial charge in [0.25, 0.3) is 10.1 Å². The van der Waals surface area contributed by atoms with Crippen LogP contribution in [0, 0.1) is 0 Å². The van der Waals surface area contributed by atoms with Gasteiger partial charge < -0.3 is 10.2 Å². The minimum absolute atomic E-state index is 0.139. The van der Waals surface area contributed by atoms with Gasteiger partial charge in [0.05, 0.1) is 18.5 Å². The summed E-state index contributed by atoms with van der Waals surface area (Å²) in [4.78, 5) is 0. The van der Waals surface area contributed by atoms with Crippen LogP contribution in [0.3, 0.4) is 0 Å². The van der Waals surface area contributed by atoms with Crippen molar-refractivity contribution in [3.8, 4) is 0 Å².